The van der Waals surface area contributed by atoms with Crippen LogP contribution in [0.3, 0.4) is 0 Å². The molecule has 2 heterocycles. The first-order valence-electron chi connectivity index (χ1n) is 6.73. The fourth-order valence-electron chi connectivity index (χ4n) is 2.45. The predicted molar refractivity (Wildman–Crippen MR) is 85.2 cm³/mol. The smallest absolute Gasteiger partial charge is 0.180 e. The zero-order valence-corrected chi connectivity index (χ0v) is 12.4. The van der Waals surface area contributed by atoms with Crippen molar-refractivity contribution in [3.8, 4) is 0 Å². The fourth-order valence-corrected chi connectivity index (χ4v) is 3.46. The molecule has 0 saturated carbocycles. The molecule has 2 aromatic heterocycles. The van der Waals surface area contributed by atoms with Crippen LogP contribution in [0.15, 0.2) is 36.5 Å². The van der Waals surface area contributed by atoms with Gasteiger partial charge in [0.05, 0.1) is 11.2 Å². The monoisotopic (exact) mass is 283 g/mol. The second-order valence-electron chi connectivity index (χ2n) is 5.18. The van der Waals surface area contributed by atoms with Crippen LogP contribution in [0.5, 0.6) is 0 Å². The van der Waals surface area contributed by atoms with E-state index in [2.05, 4.69) is 42.0 Å². The van der Waals surface area contributed by atoms with Crippen LogP contribution >= 0.6 is 11.3 Å². The van der Waals surface area contributed by atoms with Gasteiger partial charge in [0, 0.05) is 22.9 Å². The molecule has 102 valence electrons. The van der Waals surface area contributed by atoms with Crippen LogP contribution in [0.4, 0.5) is 5.13 Å². The highest BCUT2D eigenvalue weighted by Crippen LogP contribution is 2.30. The Bertz CT molecular complexity index is 741. The lowest BCUT2D eigenvalue weighted by atomic mass is 10.0. The molecule has 20 heavy (non-hydrogen) atoms. The molecule has 0 fully saturated rings. The summed E-state index contributed by atoms with van der Waals surface area (Å²) in [5, 5.41) is 1.86. The summed E-state index contributed by atoms with van der Waals surface area (Å²) >= 11 is 1.59. The number of aromatic nitrogens is 2. The van der Waals surface area contributed by atoms with E-state index in [4.69, 9.17) is 5.73 Å². The molecule has 0 saturated heterocycles. The summed E-state index contributed by atoms with van der Waals surface area (Å²) in [7, 11) is 0. The Labute approximate surface area is 122 Å². The standard InChI is InChI=1S/C16H17N3S/c1-10(2)15-14(20-16(17)19-15)9-11-5-3-7-13-12(11)6-4-8-18-13/h3-8,10H,9H2,1-2H3,(H2,17,19). The van der Waals surface area contributed by atoms with E-state index < -0.39 is 0 Å². The summed E-state index contributed by atoms with van der Waals surface area (Å²) in [6.45, 7) is 4.31. The van der Waals surface area contributed by atoms with Crippen molar-refractivity contribution < 1.29 is 0 Å². The molecule has 0 atom stereocenters. The van der Waals surface area contributed by atoms with Crippen LogP contribution in [-0.2, 0) is 6.42 Å². The van der Waals surface area contributed by atoms with Crippen molar-refractivity contribution in [1.82, 2.24) is 9.97 Å². The number of pyridine rings is 1. The third-order valence-corrected chi connectivity index (χ3v) is 4.28. The normalized spacial score (nSPS) is 11.3. The summed E-state index contributed by atoms with van der Waals surface area (Å²) < 4.78 is 0. The number of nitrogens with two attached hydrogens (primary N) is 1. The lowest BCUT2D eigenvalue weighted by molar-refractivity contribution is 0.820. The first kappa shape index (κ1) is 13.1. The van der Waals surface area contributed by atoms with Gasteiger partial charge in [0.25, 0.3) is 0 Å². The molecule has 0 aliphatic heterocycles. The second-order valence-corrected chi connectivity index (χ2v) is 6.29. The van der Waals surface area contributed by atoms with Crippen molar-refractivity contribution in [3.63, 3.8) is 0 Å². The lowest BCUT2D eigenvalue weighted by Gasteiger charge is -2.07. The molecule has 3 rings (SSSR count). The van der Waals surface area contributed by atoms with Gasteiger partial charge in [-0.05, 0) is 23.6 Å². The topological polar surface area (TPSA) is 51.8 Å². The van der Waals surface area contributed by atoms with Crippen LogP contribution in [0.1, 0.15) is 35.9 Å². The summed E-state index contributed by atoms with van der Waals surface area (Å²) in [6.07, 6.45) is 2.70. The lowest BCUT2D eigenvalue weighted by Crippen LogP contribution is -1.96. The first-order chi connectivity index (χ1) is 9.65. The van der Waals surface area contributed by atoms with Gasteiger partial charge < -0.3 is 5.73 Å². The van der Waals surface area contributed by atoms with Gasteiger partial charge in [-0.2, -0.15) is 0 Å². The Morgan fingerprint density at radius 3 is 2.85 bits per heavy atom. The van der Waals surface area contributed by atoms with Gasteiger partial charge in [0.15, 0.2) is 5.13 Å². The summed E-state index contributed by atoms with van der Waals surface area (Å²) in [5.74, 6) is 0.395. The predicted octanol–water partition coefficient (Wildman–Crippen LogP) is 3.99. The van der Waals surface area contributed by atoms with Gasteiger partial charge in [0.1, 0.15) is 0 Å². The highest BCUT2D eigenvalue weighted by Gasteiger charge is 2.14. The Kier molecular flexibility index (Phi) is 3.40. The number of rotatable bonds is 3. The summed E-state index contributed by atoms with van der Waals surface area (Å²) in [6, 6.07) is 10.4. The molecule has 1 aromatic carbocycles. The average molecular weight is 283 g/mol. The van der Waals surface area contributed by atoms with Crippen molar-refractivity contribution in [2.45, 2.75) is 26.2 Å². The minimum atomic E-state index is 0.395. The molecule has 0 bridgehead atoms. The third kappa shape index (κ3) is 2.39. The van der Waals surface area contributed by atoms with Crippen molar-refractivity contribution in [1.29, 1.82) is 0 Å². The van der Waals surface area contributed by atoms with Crippen molar-refractivity contribution in [2.75, 3.05) is 5.73 Å². The van der Waals surface area contributed by atoms with Crippen LogP contribution < -0.4 is 5.73 Å². The zero-order chi connectivity index (χ0) is 14.1. The molecular weight excluding hydrogens is 266 g/mol. The van der Waals surface area contributed by atoms with E-state index in [1.165, 1.54) is 15.8 Å². The minimum Gasteiger partial charge on any atom is -0.375 e. The van der Waals surface area contributed by atoms with E-state index in [0.717, 1.165) is 17.6 Å². The van der Waals surface area contributed by atoms with Gasteiger partial charge in [-0.15, -0.1) is 11.3 Å². The van der Waals surface area contributed by atoms with Gasteiger partial charge in [0.2, 0.25) is 0 Å². The van der Waals surface area contributed by atoms with Crippen LogP contribution in [-0.4, -0.2) is 9.97 Å². The highest BCUT2D eigenvalue weighted by atomic mass is 32.1. The number of fused-ring (bicyclic) bond motifs is 1. The molecule has 0 radical (unpaired) electrons. The Morgan fingerprint density at radius 2 is 2.05 bits per heavy atom. The van der Waals surface area contributed by atoms with E-state index in [1.807, 2.05) is 18.3 Å². The Morgan fingerprint density at radius 1 is 1.20 bits per heavy atom. The first-order valence-corrected chi connectivity index (χ1v) is 7.54. The van der Waals surface area contributed by atoms with Gasteiger partial charge in [-0.1, -0.05) is 32.0 Å². The summed E-state index contributed by atoms with van der Waals surface area (Å²) in [4.78, 5) is 10.1. The quantitative estimate of drug-likeness (QED) is 0.790. The Hall–Kier alpha value is -1.94. The number of thiazole rings is 1. The van der Waals surface area contributed by atoms with E-state index in [0.29, 0.717) is 11.0 Å². The fraction of sp³-hybridized carbons (Fsp3) is 0.250. The van der Waals surface area contributed by atoms with Gasteiger partial charge >= 0.3 is 0 Å². The SMILES string of the molecule is CC(C)c1nc(N)sc1Cc1cccc2ncccc12. The third-order valence-electron chi connectivity index (χ3n) is 3.38. The molecule has 3 aromatic rings. The molecule has 0 spiro atoms. The summed E-state index contributed by atoms with van der Waals surface area (Å²) in [5.41, 5.74) is 9.31. The van der Waals surface area contributed by atoms with Crippen LogP contribution in [0.25, 0.3) is 10.9 Å². The van der Waals surface area contributed by atoms with Gasteiger partial charge in [-0.25, -0.2) is 4.98 Å². The van der Waals surface area contributed by atoms with E-state index >= 15 is 0 Å². The second kappa shape index (κ2) is 5.21. The Balaban J connectivity index is 2.06. The highest BCUT2D eigenvalue weighted by molar-refractivity contribution is 7.15. The van der Waals surface area contributed by atoms with Crippen molar-refractivity contribution >= 4 is 27.4 Å². The van der Waals surface area contributed by atoms with E-state index in [1.54, 1.807) is 11.3 Å². The molecule has 3 nitrogen and oxygen atoms in total. The maximum atomic E-state index is 5.88. The van der Waals surface area contributed by atoms with Gasteiger partial charge in [-0.3, -0.25) is 4.98 Å². The minimum absolute atomic E-state index is 0.395. The largest absolute Gasteiger partial charge is 0.375 e. The van der Waals surface area contributed by atoms with Crippen LogP contribution in [0.2, 0.25) is 0 Å². The number of hydrogen-bond donors (Lipinski definition) is 1. The zero-order valence-electron chi connectivity index (χ0n) is 11.6. The molecule has 2 N–H and O–H groups in total. The maximum absolute atomic E-state index is 5.88. The van der Waals surface area contributed by atoms with E-state index in [-0.39, 0.29) is 0 Å². The molecule has 0 aliphatic rings. The average Bonchev–Trinajstić information content (AvgIpc) is 2.80. The molecule has 0 unspecified atom stereocenters. The number of benzene rings is 1. The maximum Gasteiger partial charge on any atom is 0.180 e. The van der Waals surface area contributed by atoms with Crippen molar-refractivity contribution in [3.05, 3.63) is 52.7 Å². The number of nitrogens with zero attached hydrogens (tertiary/aromatic N) is 2. The molecule has 4 heteroatoms. The van der Waals surface area contributed by atoms with Crippen molar-refractivity contribution in [2.24, 2.45) is 0 Å². The molecule has 0 aliphatic carbocycles. The number of nitrogen functional groups attached to an aromatic ring is 1. The van der Waals surface area contributed by atoms with Crippen LogP contribution in [0, 0.1) is 0 Å². The number of hydrogen-bond acceptors (Lipinski definition) is 4. The number of anilines is 1. The molecule has 0 amide bonds. The molecular formula is C16H17N3S. The van der Waals surface area contributed by atoms with E-state index in [9.17, 15) is 0 Å².